The monoisotopic (exact) mass is 363 g/mol. The van der Waals surface area contributed by atoms with E-state index in [1.807, 2.05) is 0 Å². The summed E-state index contributed by atoms with van der Waals surface area (Å²) in [6, 6.07) is 6.52. The second-order valence-corrected chi connectivity index (χ2v) is 8.06. The zero-order valence-corrected chi connectivity index (χ0v) is 13.4. The number of hydrogen-bond acceptors (Lipinski definition) is 4. The van der Waals surface area contributed by atoms with Gasteiger partial charge in [-0.25, -0.2) is 12.8 Å². The highest BCUT2D eigenvalue weighted by Crippen LogP contribution is 2.25. The number of benzene rings is 1. The van der Waals surface area contributed by atoms with Crippen LogP contribution in [0.5, 0.6) is 0 Å². The lowest BCUT2D eigenvalue weighted by atomic mass is 10.1. The Kier molecular flexibility index (Phi) is 5.17. The number of sulfonamides is 1. The van der Waals surface area contributed by atoms with Gasteiger partial charge in [-0.2, -0.15) is 4.72 Å². The van der Waals surface area contributed by atoms with Crippen molar-refractivity contribution in [2.75, 3.05) is 0 Å². The van der Waals surface area contributed by atoms with E-state index in [4.69, 9.17) is 11.6 Å². The van der Waals surface area contributed by atoms with Crippen LogP contribution in [0.3, 0.4) is 0 Å². The molecule has 0 amide bonds. The molecule has 1 atom stereocenters. The molecular formula is C13H11ClFNO4S2. The molecule has 1 aromatic carbocycles. The van der Waals surface area contributed by atoms with Crippen molar-refractivity contribution in [3.63, 3.8) is 0 Å². The van der Waals surface area contributed by atoms with E-state index in [1.54, 1.807) is 0 Å². The maximum atomic E-state index is 12.8. The number of halogens is 2. The van der Waals surface area contributed by atoms with Crippen molar-refractivity contribution in [2.45, 2.75) is 16.7 Å². The van der Waals surface area contributed by atoms with Crippen LogP contribution in [0.2, 0.25) is 4.34 Å². The van der Waals surface area contributed by atoms with Gasteiger partial charge in [0.1, 0.15) is 16.1 Å². The summed E-state index contributed by atoms with van der Waals surface area (Å²) >= 11 is 6.51. The fourth-order valence-corrected chi connectivity index (χ4v) is 4.41. The van der Waals surface area contributed by atoms with Crippen molar-refractivity contribution >= 4 is 38.9 Å². The highest BCUT2D eigenvalue weighted by atomic mass is 35.5. The Bertz CT molecular complexity index is 774. The molecule has 0 radical (unpaired) electrons. The number of hydrogen-bond donors (Lipinski definition) is 2. The molecule has 0 bridgehead atoms. The predicted octanol–water partition coefficient (Wildman–Crippen LogP) is 2.51. The standard InChI is InChI=1S/C13H11ClFNO4S2/c14-11-5-6-12(21-11)22(19,20)16-10(13(17)18)7-8-1-3-9(15)4-2-8/h1-6,10,16H,7H2,(H,17,18). The molecule has 0 aliphatic carbocycles. The van der Waals surface area contributed by atoms with Crippen LogP contribution < -0.4 is 4.72 Å². The molecule has 2 N–H and O–H groups in total. The maximum absolute atomic E-state index is 12.8. The molecule has 118 valence electrons. The first-order chi connectivity index (χ1) is 10.3. The quantitative estimate of drug-likeness (QED) is 0.826. The van der Waals surface area contributed by atoms with E-state index < -0.39 is 27.9 Å². The number of carbonyl (C=O) groups is 1. The van der Waals surface area contributed by atoms with Gasteiger partial charge in [0, 0.05) is 0 Å². The Morgan fingerprint density at radius 1 is 1.27 bits per heavy atom. The van der Waals surface area contributed by atoms with Crippen LogP contribution >= 0.6 is 22.9 Å². The number of rotatable bonds is 6. The third-order valence-electron chi connectivity index (χ3n) is 2.76. The van der Waals surface area contributed by atoms with Gasteiger partial charge in [0.2, 0.25) is 0 Å². The smallest absolute Gasteiger partial charge is 0.322 e. The Morgan fingerprint density at radius 2 is 1.91 bits per heavy atom. The van der Waals surface area contributed by atoms with Gasteiger partial charge in [0.25, 0.3) is 10.0 Å². The van der Waals surface area contributed by atoms with Crippen molar-refractivity contribution in [3.8, 4) is 0 Å². The molecule has 1 unspecified atom stereocenters. The first kappa shape index (κ1) is 16.9. The highest BCUT2D eigenvalue weighted by Gasteiger charge is 2.26. The zero-order valence-electron chi connectivity index (χ0n) is 11.0. The average molecular weight is 364 g/mol. The van der Waals surface area contributed by atoms with E-state index in [9.17, 15) is 22.7 Å². The minimum atomic E-state index is -3.98. The van der Waals surface area contributed by atoms with Gasteiger partial charge in [-0.1, -0.05) is 23.7 Å². The molecule has 2 aromatic rings. The number of carboxylic acid groups (broad SMARTS) is 1. The number of carboxylic acids is 1. The Morgan fingerprint density at radius 3 is 2.41 bits per heavy atom. The van der Waals surface area contributed by atoms with Gasteiger partial charge >= 0.3 is 5.97 Å². The fraction of sp³-hybridized carbons (Fsp3) is 0.154. The minimum absolute atomic E-state index is 0.0668. The Balaban J connectivity index is 2.18. The maximum Gasteiger partial charge on any atom is 0.322 e. The summed E-state index contributed by atoms with van der Waals surface area (Å²) in [5.74, 6) is -1.78. The van der Waals surface area contributed by atoms with Gasteiger partial charge < -0.3 is 5.11 Å². The zero-order chi connectivity index (χ0) is 16.3. The molecule has 1 aromatic heterocycles. The summed E-state index contributed by atoms with van der Waals surface area (Å²) in [4.78, 5) is 11.3. The lowest BCUT2D eigenvalue weighted by molar-refractivity contribution is -0.138. The van der Waals surface area contributed by atoms with Crippen molar-refractivity contribution in [1.82, 2.24) is 4.72 Å². The van der Waals surface area contributed by atoms with Crippen LogP contribution in [0, 0.1) is 5.82 Å². The van der Waals surface area contributed by atoms with E-state index in [0.717, 1.165) is 11.3 Å². The SMILES string of the molecule is O=C(O)C(Cc1ccc(F)cc1)NS(=O)(=O)c1ccc(Cl)s1. The van der Waals surface area contributed by atoms with Crippen molar-refractivity contribution < 1.29 is 22.7 Å². The van der Waals surface area contributed by atoms with E-state index >= 15 is 0 Å². The molecule has 0 aliphatic rings. The molecule has 0 spiro atoms. The van der Waals surface area contributed by atoms with Crippen LogP contribution in [0.15, 0.2) is 40.6 Å². The van der Waals surface area contributed by atoms with Gasteiger partial charge in [0.15, 0.2) is 0 Å². The lowest BCUT2D eigenvalue weighted by Crippen LogP contribution is -2.42. The van der Waals surface area contributed by atoms with Gasteiger partial charge in [-0.15, -0.1) is 11.3 Å². The molecule has 1 heterocycles. The van der Waals surface area contributed by atoms with Crippen LogP contribution in [0.25, 0.3) is 0 Å². The number of aliphatic carboxylic acids is 1. The molecule has 2 rings (SSSR count). The average Bonchev–Trinajstić information content (AvgIpc) is 2.88. The minimum Gasteiger partial charge on any atom is -0.480 e. The highest BCUT2D eigenvalue weighted by molar-refractivity contribution is 7.91. The van der Waals surface area contributed by atoms with E-state index in [2.05, 4.69) is 4.72 Å². The third-order valence-corrected chi connectivity index (χ3v) is 5.96. The van der Waals surface area contributed by atoms with Gasteiger partial charge in [0.05, 0.1) is 4.34 Å². The van der Waals surface area contributed by atoms with Crippen LogP contribution in [-0.4, -0.2) is 25.5 Å². The summed E-state index contributed by atoms with van der Waals surface area (Å²) in [5.41, 5.74) is 0.501. The second-order valence-electron chi connectivity index (χ2n) is 4.40. The van der Waals surface area contributed by atoms with Crippen molar-refractivity contribution in [1.29, 1.82) is 0 Å². The van der Waals surface area contributed by atoms with Crippen molar-refractivity contribution in [3.05, 3.63) is 52.1 Å². The molecular weight excluding hydrogens is 353 g/mol. The summed E-state index contributed by atoms with van der Waals surface area (Å²) < 4.78 is 39.4. The largest absolute Gasteiger partial charge is 0.480 e. The number of nitrogens with one attached hydrogen (secondary N) is 1. The number of thiophene rings is 1. The predicted molar refractivity (Wildman–Crippen MR) is 81.2 cm³/mol. The normalized spacial score (nSPS) is 13.0. The van der Waals surface area contributed by atoms with E-state index in [0.29, 0.717) is 5.56 Å². The fourth-order valence-electron chi connectivity index (χ4n) is 1.72. The van der Waals surface area contributed by atoms with E-state index in [1.165, 1.54) is 36.4 Å². The Labute approximate surface area is 135 Å². The molecule has 5 nitrogen and oxygen atoms in total. The van der Waals surface area contributed by atoms with E-state index in [-0.39, 0.29) is 15.0 Å². The van der Waals surface area contributed by atoms with Crippen LogP contribution in [0.1, 0.15) is 5.56 Å². The molecule has 22 heavy (non-hydrogen) atoms. The van der Waals surface area contributed by atoms with Crippen LogP contribution in [0.4, 0.5) is 4.39 Å². The third kappa shape index (κ3) is 4.26. The molecule has 0 saturated carbocycles. The van der Waals surface area contributed by atoms with Gasteiger partial charge in [-0.3, -0.25) is 4.79 Å². The summed E-state index contributed by atoms with van der Waals surface area (Å²) in [6.45, 7) is 0. The molecule has 9 heteroatoms. The topological polar surface area (TPSA) is 83.5 Å². The molecule has 0 aliphatic heterocycles. The molecule has 0 fully saturated rings. The lowest BCUT2D eigenvalue weighted by Gasteiger charge is -2.14. The summed E-state index contributed by atoms with van der Waals surface area (Å²) in [5, 5.41) is 9.18. The molecule has 0 saturated heterocycles. The second kappa shape index (κ2) is 6.74. The first-order valence-corrected chi connectivity index (χ1v) is 8.70. The van der Waals surface area contributed by atoms with Crippen molar-refractivity contribution in [2.24, 2.45) is 0 Å². The Hall–Kier alpha value is -1.48. The summed E-state index contributed by atoms with van der Waals surface area (Å²) in [7, 11) is -3.98. The van der Waals surface area contributed by atoms with Crippen LogP contribution in [-0.2, 0) is 21.2 Å². The first-order valence-electron chi connectivity index (χ1n) is 6.03. The van der Waals surface area contributed by atoms with Gasteiger partial charge in [-0.05, 0) is 36.2 Å². The summed E-state index contributed by atoms with van der Waals surface area (Å²) in [6.07, 6.45) is -0.103.